The van der Waals surface area contributed by atoms with Crippen molar-refractivity contribution >= 4 is 39.0 Å². The number of hydrogen-bond donors (Lipinski definition) is 2. The number of anilines is 1. The molecule has 7 heteroatoms. The van der Waals surface area contributed by atoms with Crippen molar-refractivity contribution in [1.29, 1.82) is 0 Å². The van der Waals surface area contributed by atoms with Crippen LogP contribution in [0, 0.1) is 0 Å². The van der Waals surface area contributed by atoms with Gasteiger partial charge in [0.05, 0.1) is 11.3 Å². The van der Waals surface area contributed by atoms with Gasteiger partial charge < -0.3 is 15.4 Å². The Bertz CT molecular complexity index is 642. The summed E-state index contributed by atoms with van der Waals surface area (Å²) < 4.78 is 6.77. The molecule has 0 spiro atoms. The Morgan fingerprint density at radius 2 is 2.23 bits per heavy atom. The van der Waals surface area contributed by atoms with Gasteiger partial charge in [-0.15, -0.1) is 0 Å². The zero-order valence-electron chi connectivity index (χ0n) is 12.4. The van der Waals surface area contributed by atoms with E-state index in [-0.39, 0.29) is 5.91 Å². The minimum atomic E-state index is -0.134. The molecule has 0 atom stereocenters. The quantitative estimate of drug-likeness (QED) is 0.549. The monoisotopic (exact) mass is 321 g/mol. The molecular formula is C15H19N3O3S. The average Bonchev–Trinajstić information content (AvgIpc) is 2.88. The van der Waals surface area contributed by atoms with Gasteiger partial charge in [0.2, 0.25) is 12.3 Å². The lowest BCUT2D eigenvalue weighted by molar-refractivity contribution is -0.114. The van der Waals surface area contributed by atoms with E-state index in [0.29, 0.717) is 24.7 Å². The van der Waals surface area contributed by atoms with Crippen LogP contribution < -0.4 is 15.4 Å². The highest BCUT2D eigenvalue weighted by molar-refractivity contribution is 7.22. The third-order valence-corrected chi connectivity index (χ3v) is 3.91. The zero-order chi connectivity index (χ0) is 15.8. The smallest absolute Gasteiger partial charge is 0.223 e. The van der Waals surface area contributed by atoms with Gasteiger partial charge in [0, 0.05) is 13.5 Å². The Labute approximate surface area is 132 Å². The molecule has 22 heavy (non-hydrogen) atoms. The summed E-state index contributed by atoms with van der Waals surface area (Å²) in [7, 11) is 0. The summed E-state index contributed by atoms with van der Waals surface area (Å²) >= 11 is 1.43. The molecule has 1 heterocycles. The Kier molecular flexibility index (Phi) is 6.14. The number of carbonyl (C=O) groups excluding carboxylic acids is 2. The standard InChI is InChI=1S/C15H19N3O3S/c1-11(20)17-15-18-14-12(6-5-7-13(14)22-15)21-9-4-2-3-8-16-10-19/h5-7,10H,2-4,8-9H2,1H3,(H,16,19)(H,17,18,20). The van der Waals surface area contributed by atoms with E-state index >= 15 is 0 Å². The van der Waals surface area contributed by atoms with Crippen LogP contribution in [0.5, 0.6) is 5.75 Å². The van der Waals surface area contributed by atoms with Gasteiger partial charge in [0.25, 0.3) is 0 Å². The van der Waals surface area contributed by atoms with E-state index in [2.05, 4.69) is 15.6 Å². The Hall–Kier alpha value is -2.15. The van der Waals surface area contributed by atoms with Crippen LogP contribution >= 0.6 is 11.3 Å². The molecule has 2 rings (SSSR count). The predicted molar refractivity (Wildman–Crippen MR) is 87.3 cm³/mol. The Morgan fingerprint density at radius 1 is 1.36 bits per heavy atom. The Balaban J connectivity index is 1.89. The average molecular weight is 321 g/mol. The summed E-state index contributed by atoms with van der Waals surface area (Å²) in [5.74, 6) is 0.599. The van der Waals surface area contributed by atoms with Gasteiger partial charge in [0.15, 0.2) is 5.13 Å². The maximum absolute atomic E-state index is 11.1. The van der Waals surface area contributed by atoms with Crippen LogP contribution in [-0.2, 0) is 9.59 Å². The molecule has 2 amide bonds. The number of hydrogen-bond acceptors (Lipinski definition) is 5. The predicted octanol–water partition coefficient (Wildman–Crippen LogP) is 2.55. The van der Waals surface area contributed by atoms with E-state index in [1.807, 2.05) is 18.2 Å². The van der Waals surface area contributed by atoms with Gasteiger partial charge in [-0.25, -0.2) is 4.98 Å². The van der Waals surface area contributed by atoms with Gasteiger partial charge in [-0.3, -0.25) is 9.59 Å². The fourth-order valence-corrected chi connectivity index (χ4v) is 2.92. The highest BCUT2D eigenvalue weighted by Gasteiger charge is 2.09. The third-order valence-electron chi connectivity index (χ3n) is 2.97. The molecule has 0 fully saturated rings. The van der Waals surface area contributed by atoms with E-state index in [0.717, 1.165) is 35.2 Å². The SMILES string of the molecule is CC(=O)Nc1nc2c(OCCCCCNC=O)cccc2s1. The van der Waals surface area contributed by atoms with Crippen LogP contribution in [0.2, 0.25) is 0 Å². The molecule has 118 valence electrons. The fourth-order valence-electron chi connectivity index (χ4n) is 1.99. The maximum atomic E-state index is 11.1. The molecule has 0 unspecified atom stereocenters. The van der Waals surface area contributed by atoms with Crippen LogP contribution in [0.15, 0.2) is 18.2 Å². The first-order valence-corrected chi connectivity index (χ1v) is 7.99. The number of ether oxygens (including phenoxy) is 1. The van der Waals surface area contributed by atoms with Crippen LogP contribution in [-0.4, -0.2) is 30.5 Å². The number of aromatic nitrogens is 1. The lowest BCUT2D eigenvalue weighted by Crippen LogP contribution is -2.12. The second-order valence-electron chi connectivity index (χ2n) is 4.78. The van der Waals surface area contributed by atoms with E-state index in [1.165, 1.54) is 18.3 Å². The van der Waals surface area contributed by atoms with E-state index in [1.54, 1.807) is 0 Å². The summed E-state index contributed by atoms with van der Waals surface area (Å²) in [5.41, 5.74) is 0.777. The van der Waals surface area contributed by atoms with Crippen molar-refractivity contribution < 1.29 is 14.3 Å². The van der Waals surface area contributed by atoms with E-state index in [9.17, 15) is 9.59 Å². The number of nitrogens with zero attached hydrogens (tertiary/aromatic N) is 1. The molecule has 0 saturated carbocycles. The number of para-hydroxylation sites is 1. The first-order valence-electron chi connectivity index (χ1n) is 7.17. The van der Waals surface area contributed by atoms with Crippen LogP contribution in [0.1, 0.15) is 26.2 Å². The number of amides is 2. The van der Waals surface area contributed by atoms with Crippen molar-refractivity contribution in [2.24, 2.45) is 0 Å². The molecule has 2 aromatic rings. The molecule has 1 aromatic heterocycles. The second kappa shape index (κ2) is 8.33. The van der Waals surface area contributed by atoms with Gasteiger partial charge in [0.1, 0.15) is 11.3 Å². The van der Waals surface area contributed by atoms with E-state index in [4.69, 9.17) is 4.74 Å². The molecular weight excluding hydrogens is 302 g/mol. The first-order chi connectivity index (χ1) is 10.7. The molecule has 0 aliphatic carbocycles. The van der Waals surface area contributed by atoms with Crippen molar-refractivity contribution in [1.82, 2.24) is 10.3 Å². The topological polar surface area (TPSA) is 80.3 Å². The van der Waals surface area contributed by atoms with Gasteiger partial charge in [-0.1, -0.05) is 17.4 Å². The lowest BCUT2D eigenvalue weighted by atomic mass is 10.2. The minimum absolute atomic E-state index is 0.134. The molecule has 0 radical (unpaired) electrons. The number of fused-ring (bicyclic) bond motifs is 1. The highest BCUT2D eigenvalue weighted by Crippen LogP contribution is 2.32. The van der Waals surface area contributed by atoms with Crippen LogP contribution in [0.4, 0.5) is 5.13 Å². The van der Waals surface area contributed by atoms with Gasteiger partial charge in [-0.2, -0.15) is 0 Å². The maximum Gasteiger partial charge on any atom is 0.223 e. The van der Waals surface area contributed by atoms with Crippen molar-refractivity contribution in [3.05, 3.63) is 18.2 Å². The van der Waals surface area contributed by atoms with E-state index < -0.39 is 0 Å². The molecule has 6 nitrogen and oxygen atoms in total. The minimum Gasteiger partial charge on any atom is -0.491 e. The summed E-state index contributed by atoms with van der Waals surface area (Å²) in [6.45, 7) is 2.77. The van der Waals surface area contributed by atoms with Crippen molar-refractivity contribution in [3.63, 3.8) is 0 Å². The largest absolute Gasteiger partial charge is 0.491 e. The van der Waals surface area contributed by atoms with Gasteiger partial charge >= 0.3 is 0 Å². The number of carbonyl (C=O) groups is 2. The number of nitrogens with one attached hydrogen (secondary N) is 2. The van der Waals surface area contributed by atoms with Crippen molar-refractivity contribution in [3.8, 4) is 5.75 Å². The number of thiazole rings is 1. The molecule has 0 saturated heterocycles. The number of benzene rings is 1. The molecule has 2 N–H and O–H groups in total. The zero-order valence-corrected chi connectivity index (χ0v) is 13.2. The highest BCUT2D eigenvalue weighted by atomic mass is 32.1. The number of rotatable bonds is 9. The van der Waals surface area contributed by atoms with Crippen molar-refractivity contribution in [2.75, 3.05) is 18.5 Å². The van der Waals surface area contributed by atoms with Gasteiger partial charge in [-0.05, 0) is 31.4 Å². The Morgan fingerprint density at radius 3 is 3.00 bits per heavy atom. The summed E-state index contributed by atoms with van der Waals surface area (Å²) in [4.78, 5) is 25.6. The fraction of sp³-hybridized carbons (Fsp3) is 0.400. The first kappa shape index (κ1) is 16.2. The van der Waals surface area contributed by atoms with Crippen LogP contribution in [0.25, 0.3) is 10.2 Å². The number of unbranched alkanes of at least 4 members (excludes halogenated alkanes) is 2. The normalized spacial score (nSPS) is 10.4. The molecule has 0 aliphatic heterocycles. The molecule has 0 bridgehead atoms. The van der Waals surface area contributed by atoms with Crippen LogP contribution in [0.3, 0.4) is 0 Å². The summed E-state index contributed by atoms with van der Waals surface area (Å²) in [5, 5.41) is 5.91. The summed E-state index contributed by atoms with van der Waals surface area (Å²) in [6.07, 6.45) is 3.56. The molecule has 1 aromatic carbocycles. The lowest BCUT2D eigenvalue weighted by Gasteiger charge is -2.06. The third kappa shape index (κ3) is 4.70. The molecule has 0 aliphatic rings. The summed E-state index contributed by atoms with van der Waals surface area (Å²) in [6, 6.07) is 5.76. The van der Waals surface area contributed by atoms with Crippen molar-refractivity contribution in [2.45, 2.75) is 26.2 Å². The second-order valence-corrected chi connectivity index (χ2v) is 5.81.